The van der Waals surface area contributed by atoms with Crippen molar-refractivity contribution in [1.29, 1.82) is 0 Å². The summed E-state index contributed by atoms with van der Waals surface area (Å²) < 4.78 is 0. The molecule has 1 aromatic heterocycles. The lowest BCUT2D eigenvalue weighted by molar-refractivity contribution is 0.775. The predicted molar refractivity (Wildman–Crippen MR) is 82.4 cm³/mol. The molecule has 106 valence electrons. The van der Waals surface area contributed by atoms with Crippen molar-refractivity contribution >= 4 is 11.6 Å². The summed E-state index contributed by atoms with van der Waals surface area (Å²) in [5, 5.41) is 3.30. The van der Waals surface area contributed by atoms with E-state index in [9.17, 15) is 0 Å². The molecule has 0 bridgehead atoms. The Morgan fingerprint density at radius 1 is 1.10 bits per heavy atom. The molecule has 1 aromatic carbocycles. The van der Waals surface area contributed by atoms with Crippen LogP contribution in [0.5, 0.6) is 0 Å². The molecule has 0 amide bonds. The van der Waals surface area contributed by atoms with Gasteiger partial charge in [-0.25, -0.2) is 15.8 Å². The minimum Gasteiger partial charge on any atom is -0.366 e. The predicted octanol–water partition coefficient (Wildman–Crippen LogP) is 2.81. The summed E-state index contributed by atoms with van der Waals surface area (Å²) in [5.74, 6) is 7.86. The van der Waals surface area contributed by atoms with Crippen molar-refractivity contribution in [1.82, 2.24) is 9.97 Å². The average Bonchev–Trinajstić information content (AvgIpc) is 2.46. The SMILES string of the molecule is Cc1ccc(CNc2cc(NN)nc(C(C)C)n2)cc1. The maximum absolute atomic E-state index is 5.44. The standard InChI is InChI=1S/C15H21N5/c1-10(2)15-18-13(8-14(19-15)20-16)17-9-12-6-4-11(3)5-7-12/h4-8,10H,9,16H2,1-3H3,(H2,17,18,19,20). The first-order valence-corrected chi connectivity index (χ1v) is 6.73. The van der Waals surface area contributed by atoms with Crippen LogP contribution >= 0.6 is 0 Å². The molecule has 0 atom stereocenters. The Morgan fingerprint density at radius 3 is 2.35 bits per heavy atom. The average molecular weight is 271 g/mol. The second kappa shape index (κ2) is 6.34. The first-order valence-electron chi connectivity index (χ1n) is 6.73. The lowest BCUT2D eigenvalue weighted by Gasteiger charge is -2.11. The number of hydrazine groups is 1. The summed E-state index contributed by atoms with van der Waals surface area (Å²) in [5.41, 5.74) is 5.04. The quantitative estimate of drug-likeness (QED) is 0.576. The lowest BCUT2D eigenvalue weighted by Crippen LogP contribution is -2.13. The molecule has 2 aromatic rings. The number of nitrogens with two attached hydrogens (primary N) is 1. The van der Waals surface area contributed by atoms with Gasteiger partial charge in [0.25, 0.3) is 0 Å². The van der Waals surface area contributed by atoms with E-state index in [4.69, 9.17) is 5.84 Å². The van der Waals surface area contributed by atoms with Gasteiger partial charge < -0.3 is 10.7 Å². The molecule has 0 radical (unpaired) electrons. The zero-order valence-corrected chi connectivity index (χ0v) is 12.1. The van der Waals surface area contributed by atoms with Crippen LogP contribution in [0.25, 0.3) is 0 Å². The summed E-state index contributed by atoms with van der Waals surface area (Å²) >= 11 is 0. The van der Waals surface area contributed by atoms with Gasteiger partial charge >= 0.3 is 0 Å². The fraction of sp³-hybridized carbons (Fsp3) is 0.333. The highest BCUT2D eigenvalue weighted by Gasteiger charge is 2.07. The largest absolute Gasteiger partial charge is 0.366 e. The topological polar surface area (TPSA) is 75.9 Å². The normalized spacial score (nSPS) is 10.7. The van der Waals surface area contributed by atoms with Crippen molar-refractivity contribution in [2.24, 2.45) is 5.84 Å². The first kappa shape index (κ1) is 14.3. The highest BCUT2D eigenvalue weighted by molar-refractivity contribution is 5.47. The molecule has 0 saturated heterocycles. The Balaban J connectivity index is 2.12. The van der Waals surface area contributed by atoms with Gasteiger partial charge in [0.15, 0.2) is 0 Å². The number of hydrogen-bond acceptors (Lipinski definition) is 5. The molecule has 1 heterocycles. The van der Waals surface area contributed by atoms with Crippen LogP contribution in [-0.4, -0.2) is 9.97 Å². The molecule has 0 unspecified atom stereocenters. The molecule has 20 heavy (non-hydrogen) atoms. The van der Waals surface area contributed by atoms with Crippen LogP contribution in [0.15, 0.2) is 30.3 Å². The number of aryl methyl sites for hydroxylation is 1. The third-order valence-corrected chi connectivity index (χ3v) is 3.00. The zero-order chi connectivity index (χ0) is 14.5. The summed E-state index contributed by atoms with van der Waals surface area (Å²) in [6.45, 7) is 6.91. The molecule has 0 aliphatic carbocycles. The third-order valence-electron chi connectivity index (χ3n) is 3.00. The number of nitrogens with one attached hydrogen (secondary N) is 2. The van der Waals surface area contributed by atoms with Gasteiger partial charge in [-0.15, -0.1) is 0 Å². The van der Waals surface area contributed by atoms with E-state index in [0.29, 0.717) is 5.82 Å². The molecule has 5 nitrogen and oxygen atoms in total. The van der Waals surface area contributed by atoms with Crippen LogP contribution in [0, 0.1) is 6.92 Å². The minimum absolute atomic E-state index is 0.253. The molecule has 5 heteroatoms. The summed E-state index contributed by atoms with van der Waals surface area (Å²) in [4.78, 5) is 8.83. The summed E-state index contributed by atoms with van der Waals surface area (Å²) in [7, 11) is 0. The molecule has 0 aliphatic heterocycles. The van der Waals surface area contributed by atoms with Gasteiger partial charge in [-0.2, -0.15) is 0 Å². The van der Waals surface area contributed by atoms with Crippen molar-refractivity contribution in [2.75, 3.05) is 10.7 Å². The van der Waals surface area contributed by atoms with Gasteiger partial charge in [-0.1, -0.05) is 43.7 Å². The van der Waals surface area contributed by atoms with Crippen LogP contribution in [0.2, 0.25) is 0 Å². The second-order valence-corrected chi connectivity index (χ2v) is 5.13. The van der Waals surface area contributed by atoms with Crippen molar-refractivity contribution in [3.63, 3.8) is 0 Å². The van der Waals surface area contributed by atoms with E-state index in [1.54, 1.807) is 6.07 Å². The highest BCUT2D eigenvalue weighted by atomic mass is 15.3. The minimum atomic E-state index is 0.253. The summed E-state index contributed by atoms with van der Waals surface area (Å²) in [6.07, 6.45) is 0. The van der Waals surface area contributed by atoms with Crippen molar-refractivity contribution in [3.05, 3.63) is 47.3 Å². The summed E-state index contributed by atoms with van der Waals surface area (Å²) in [6, 6.07) is 10.2. The van der Waals surface area contributed by atoms with Gasteiger partial charge in [-0.05, 0) is 12.5 Å². The first-order chi connectivity index (χ1) is 9.58. The smallest absolute Gasteiger partial charge is 0.145 e. The van der Waals surface area contributed by atoms with E-state index >= 15 is 0 Å². The molecule has 4 N–H and O–H groups in total. The second-order valence-electron chi connectivity index (χ2n) is 5.13. The van der Waals surface area contributed by atoms with Crippen LogP contribution in [0.4, 0.5) is 11.6 Å². The highest BCUT2D eigenvalue weighted by Crippen LogP contribution is 2.17. The number of nitrogens with zero attached hydrogens (tertiary/aromatic N) is 2. The fourth-order valence-electron chi connectivity index (χ4n) is 1.79. The van der Waals surface area contributed by atoms with Crippen LogP contribution in [0.1, 0.15) is 36.7 Å². The van der Waals surface area contributed by atoms with Crippen molar-refractivity contribution in [3.8, 4) is 0 Å². The van der Waals surface area contributed by atoms with E-state index in [2.05, 4.69) is 65.7 Å². The monoisotopic (exact) mass is 271 g/mol. The fourth-order valence-corrected chi connectivity index (χ4v) is 1.79. The lowest BCUT2D eigenvalue weighted by atomic mass is 10.1. The Bertz CT molecular complexity index is 563. The van der Waals surface area contributed by atoms with E-state index in [-0.39, 0.29) is 5.92 Å². The Hall–Kier alpha value is -2.14. The molecule has 2 rings (SSSR count). The number of anilines is 2. The molecule has 0 fully saturated rings. The van der Waals surface area contributed by atoms with E-state index in [1.165, 1.54) is 11.1 Å². The van der Waals surface area contributed by atoms with E-state index < -0.39 is 0 Å². The van der Waals surface area contributed by atoms with Gasteiger partial charge in [0.1, 0.15) is 17.5 Å². The molecular weight excluding hydrogens is 250 g/mol. The van der Waals surface area contributed by atoms with Gasteiger partial charge in [0, 0.05) is 18.5 Å². The number of aromatic nitrogens is 2. The molecule has 0 spiro atoms. The molecule has 0 aliphatic rings. The molecule has 0 saturated carbocycles. The maximum Gasteiger partial charge on any atom is 0.145 e. The zero-order valence-electron chi connectivity index (χ0n) is 12.1. The maximum atomic E-state index is 5.44. The Kier molecular flexibility index (Phi) is 4.53. The molecular formula is C15H21N5. The van der Waals surface area contributed by atoms with Gasteiger partial charge in [0.05, 0.1) is 0 Å². The van der Waals surface area contributed by atoms with Gasteiger partial charge in [-0.3, -0.25) is 0 Å². The number of hydrogen-bond donors (Lipinski definition) is 3. The van der Waals surface area contributed by atoms with Crippen LogP contribution in [-0.2, 0) is 6.54 Å². The van der Waals surface area contributed by atoms with E-state index in [1.807, 2.05) is 0 Å². The Labute approximate surface area is 119 Å². The van der Waals surface area contributed by atoms with Crippen molar-refractivity contribution in [2.45, 2.75) is 33.2 Å². The van der Waals surface area contributed by atoms with Crippen molar-refractivity contribution < 1.29 is 0 Å². The van der Waals surface area contributed by atoms with Gasteiger partial charge in [0.2, 0.25) is 0 Å². The number of nitrogen functional groups attached to an aromatic ring is 1. The number of benzene rings is 1. The number of rotatable bonds is 5. The Morgan fingerprint density at radius 2 is 1.75 bits per heavy atom. The van der Waals surface area contributed by atoms with Crippen LogP contribution in [0.3, 0.4) is 0 Å². The van der Waals surface area contributed by atoms with E-state index in [0.717, 1.165) is 18.2 Å². The van der Waals surface area contributed by atoms with Crippen LogP contribution < -0.4 is 16.6 Å². The third kappa shape index (κ3) is 3.68.